The van der Waals surface area contributed by atoms with Gasteiger partial charge in [-0.15, -0.1) is 10.2 Å². The SMILES string of the molecule is COc1cc(C(=O)N2CC[C@]3(C=C(C4=NCCN4)CC3)Cc3ccccc32)ccc1NC(=O)c1cc(F)ccc1Cl.COc1cc(C(=O)N2CC[C@]3(C=C(c4nn[nH]n4)CC3)Cc3ccccc32)ccc1NC(=O)c1cc(F)ccc1Cl.O=C(Nc1ccc(C(=O)N2CCC3(CCCC3=NO)Cc3ccccc32)cn1)c1cc(F)ccc1Cl. The number of oxime groups is 1. The normalized spacial score (nSPS) is 19.3. The average molecular weight is 1650 g/mol. The highest BCUT2D eigenvalue weighted by molar-refractivity contribution is 6.35. The molecule has 6 heterocycles. The van der Waals surface area contributed by atoms with Crippen molar-refractivity contribution in [2.24, 2.45) is 26.4 Å². The molecule has 23 nitrogen and oxygen atoms in total. The van der Waals surface area contributed by atoms with Crippen LogP contribution >= 0.6 is 34.8 Å². The van der Waals surface area contributed by atoms with Crippen molar-refractivity contribution in [3.8, 4) is 11.5 Å². The van der Waals surface area contributed by atoms with E-state index >= 15 is 0 Å². The number of anilines is 6. The Balaban J connectivity index is 0.000000139. The van der Waals surface area contributed by atoms with E-state index in [-0.39, 0.29) is 71.5 Å². The minimum Gasteiger partial charge on any atom is -0.495 e. The zero-order valence-corrected chi connectivity index (χ0v) is 66.5. The fourth-order valence-electron chi connectivity index (χ4n) is 17.0. The van der Waals surface area contributed by atoms with E-state index < -0.39 is 35.2 Å². The van der Waals surface area contributed by atoms with Crippen LogP contribution in [0.25, 0.3) is 5.57 Å². The maximum atomic E-state index is 14.0. The largest absolute Gasteiger partial charge is 0.495 e. The second-order valence-electron chi connectivity index (χ2n) is 30.2. The molecule has 29 heteroatoms. The number of amides is 6. The van der Waals surface area contributed by atoms with Gasteiger partial charge in [0.05, 0.1) is 75.2 Å². The van der Waals surface area contributed by atoms with E-state index in [1.807, 2.05) is 70.5 Å². The van der Waals surface area contributed by atoms with Crippen LogP contribution in [0, 0.1) is 33.7 Å². The number of fused-ring (bicyclic) bond motifs is 3. The monoisotopic (exact) mass is 1650 g/mol. The molecule has 6 amide bonds. The number of nitrogens with one attached hydrogen (secondary N) is 5. The lowest BCUT2D eigenvalue weighted by Gasteiger charge is -2.28. The fraction of sp³-hybridized carbons (Fsp3) is 0.258. The summed E-state index contributed by atoms with van der Waals surface area (Å²) in [6.45, 7) is 3.26. The Hall–Kier alpha value is -12.5. The van der Waals surface area contributed by atoms with E-state index in [0.29, 0.717) is 71.4 Å². The first kappa shape index (κ1) is 80.7. The van der Waals surface area contributed by atoms with Crippen LogP contribution in [0.1, 0.15) is 149 Å². The molecule has 118 heavy (non-hydrogen) atoms. The number of carbonyl (C=O) groups excluding carboxylic acids is 6. The van der Waals surface area contributed by atoms with Gasteiger partial charge in [-0.2, -0.15) is 5.21 Å². The van der Waals surface area contributed by atoms with Crippen LogP contribution in [0.2, 0.25) is 15.1 Å². The van der Waals surface area contributed by atoms with Crippen LogP contribution in [0.15, 0.2) is 210 Å². The van der Waals surface area contributed by atoms with Crippen LogP contribution in [0.5, 0.6) is 11.5 Å². The van der Waals surface area contributed by atoms with Gasteiger partial charge in [0, 0.05) is 66.0 Å². The van der Waals surface area contributed by atoms with Crippen molar-refractivity contribution >= 4 is 122 Å². The van der Waals surface area contributed by atoms with Crippen molar-refractivity contribution in [3.05, 3.63) is 288 Å². The molecule has 3 spiro atoms. The van der Waals surface area contributed by atoms with Crippen molar-refractivity contribution < 1.29 is 56.6 Å². The van der Waals surface area contributed by atoms with E-state index in [1.54, 1.807) is 47.4 Å². The van der Waals surface area contributed by atoms with Crippen molar-refractivity contribution in [1.82, 2.24) is 30.9 Å². The zero-order chi connectivity index (χ0) is 82.4. The molecule has 1 unspecified atom stereocenters. The van der Waals surface area contributed by atoms with Gasteiger partial charge in [0.1, 0.15) is 40.6 Å². The Bertz CT molecular complexity index is 5730. The van der Waals surface area contributed by atoms with Gasteiger partial charge in [0.2, 0.25) is 0 Å². The highest BCUT2D eigenvalue weighted by Gasteiger charge is 2.45. The number of rotatable bonds is 13. The summed E-state index contributed by atoms with van der Waals surface area (Å²) in [6.07, 6.45) is 17.2. The van der Waals surface area contributed by atoms with Gasteiger partial charge in [-0.1, -0.05) is 107 Å². The Labute approximate surface area is 692 Å². The zero-order valence-electron chi connectivity index (χ0n) is 64.2. The smallest absolute Gasteiger partial charge is 0.259 e. The first-order chi connectivity index (χ1) is 57.1. The molecule has 6 N–H and O–H groups in total. The first-order valence-corrected chi connectivity index (χ1v) is 39.7. The van der Waals surface area contributed by atoms with Crippen molar-refractivity contribution in [1.29, 1.82) is 0 Å². The second kappa shape index (κ2) is 34.7. The van der Waals surface area contributed by atoms with Crippen molar-refractivity contribution in [3.63, 3.8) is 0 Å². The number of nitrogens with zero attached hydrogens (tertiary/aromatic N) is 9. The molecule has 3 aliphatic carbocycles. The number of hydrogen-bond acceptors (Lipinski definition) is 16. The van der Waals surface area contributed by atoms with Crippen LogP contribution in [0.3, 0.4) is 0 Å². The van der Waals surface area contributed by atoms with E-state index in [9.17, 15) is 47.1 Å². The molecule has 4 aliphatic heterocycles. The number of carbonyl (C=O) groups is 6. The third-order valence-electron chi connectivity index (χ3n) is 23.0. The Kier molecular flexibility index (Phi) is 23.7. The molecule has 7 aliphatic rings. The minimum absolute atomic E-state index is 0.00359. The molecule has 10 aromatic rings. The van der Waals surface area contributed by atoms with Gasteiger partial charge in [0.25, 0.3) is 35.4 Å². The lowest BCUT2D eigenvalue weighted by Crippen LogP contribution is -2.35. The number of hydrogen-bond donors (Lipinski definition) is 6. The number of ether oxygens (including phenoxy) is 2. The van der Waals surface area contributed by atoms with Crippen molar-refractivity contribution in [2.45, 2.75) is 83.5 Å². The molecule has 602 valence electrons. The molecule has 1 saturated carbocycles. The summed E-state index contributed by atoms with van der Waals surface area (Å²) < 4.78 is 52.0. The Morgan fingerprint density at radius 3 is 1.45 bits per heavy atom. The highest BCUT2D eigenvalue weighted by Crippen LogP contribution is 2.51. The van der Waals surface area contributed by atoms with Crippen LogP contribution in [0.4, 0.5) is 47.4 Å². The second-order valence-corrected chi connectivity index (χ2v) is 31.4. The molecule has 3 atom stereocenters. The number of para-hydroxylation sites is 3. The fourth-order valence-corrected chi connectivity index (χ4v) is 17.6. The molecule has 8 aromatic carbocycles. The predicted octanol–water partition coefficient (Wildman–Crippen LogP) is 17.5. The van der Waals surface area contributed by atoms with Crippen LogP contribution in [-0.2, 0) is 19.3 Å². The molecular formula is C89H80Cl3F3N14O9. The van der Waals surface area contributed by atoms with E-state index in [4.69, 9.17) is 44.3 Å². The summed E-state index contributed by atoms with van der Waals surface area (Å²) in [6, 6.07) is 47.4. The average Bonchev–Trinajstić information content (AvgIpc) is 1.63. The molecule has 0 bridgehead atoms. The minimum atomic E-state index is -0.601. The molecule has 1 fully saturated rings. The Morgan fingerprint density at radius 2 is 0.983 bits per heavy atom. The van der Waals surface area contributed by atoms with Gasteiger partial charge < -0.3 is 50.6 Å². The number of methoxy groups -OCH3 is 2. The van der Waals surface area contributed by atoms with Crippen molar-refractivity contribution in [2.75, 3.05) is 77.6 Å². The lowest BCUT2D eigenvalue weighted by atomic mass is 9.76. The van der Waals surface area contributed by atoms with Gasteiger partial charge in [0.15, 0.2) is 5.82 Å². The molecule has 0 radical (unpaired) electrons. The summed E-state index contributed by atoms with van der Waals surface area (Å²) >= 11 is 18.2. The number of H-pyrrole nitrogens is 1. The number of halogens is 6. The number of allylic oxidation sites excluding steroid dienone is 3. The van der Waals surface area contributed by atoms with Gasteiger partial charge in [-0.25, -0.2) is 18.2 Å². The van der Waals surface area contributed by atoms with Crippen LogP contribution in [-0.4, -0.2) is 125 Å². The predicted molar refractivity (Wildman–Crippen MR) is 447 cm³/mol. The summed E-state index contributed by atoms with van der Waals surface area (Å²) in [5, 5.41) is 39.5. The molecule has 17 rings (SSSR count). The Morgan fingerprint density at radius 1 is 0.517 bits per heavy atom. The third kappa shape index (κ3) is 17.2. The molecule has 0 saturated heterocycles. The number of amidine groups is 1. The lowest BCUT2D eigenvalue weighted by molar-refractivity contribution is 0.0977. The number of aromatic nitrogens is 5. The number of aliphatic imine (C=N–C) groups is 1. The maximum Gasteiger partial charge on any atom is 0.259 e. The molecular weight excluding hydrogens is 1570 g/mol. The summed E-state index contributed by atoms with van der Waals surface area (Å²) in [5.41, 5.74) is 10.5. The van der Waals surface area contributed by atoms with Gasteiger partial charge >= 0.3 is 0 Å². The van der Waals surface area contributed by atoms with E-state index in [0.717, 1.165) is 159 Å². The topological polar surface area (TPSA) is 291 Å². The number of tetrazole rings is 1. The summed E-state index contributed by atoms with van der Waals surface area (Å²) in [5.74, 6) is -1.59. The van der Waals surface area contributed by atoms with E-state index in [1.165, 1.54) is 68.5 Å². The number of aromatic amines is 1. The summed E-state index contributed by atoms with van der Waals surface area (Å²) in [7, 11) is 2.92. The third-order valence-corrected chi connectivity index (χ3v) is 24.0. The van der Waals surface area contributed by atoms with Gasteiger partial charge in [-0.05, 0) is 249 Å². The number of pyridine rings is 1. The highest BCUT2D eigenvalue weighted by atomic mass is 35.5. The quantitative estimate of drug-likeness (QED) is 0.0462. The summed E-state index contributed by atoms with van der Waals surface area (Å²) in [4.78, 5) is 93.9. The van der Waals surface area contributed by atoms with E-state index in [2.05, 4.69) is 81.3 Å². The number of benzene rings is 8. The first-order valence-electron chi connectivity index (χ1n) is 38.6. The van der Waals surface area contributed by atoms with Crippen LogP contribution < -0.4 is 45.4 Å². The molecule has 2 aromatic heterocycles. The van der Waals surface area contributed by atoms with Gasteiger partial charge in [-0.3, -0.25) is 33.8 Å². The maximum absolute atomic E-state index is 14.0. The standard InChI is InChI=1S/C32H30ClFN4O3.C30H26ClFN6O3.C27H24ClFN4O3/c1-41-28-16-20(6-9-26(28)37-30(39)24-17-23(34)7-8-25(24)33)31(40)38-15-12-32(18-21-4-2-3-5-27(21)38)11-10-22(19-32)29-35-13-14-36-29;1-41-26-14-18(6-9-24(26)33-28(39)22-15-21(32)7-8-23(22)31)29(40)38-13-12-30(16-19-4-2-3-5-25(19)38)11-10-20(17-30)27-34-36-37-35-27;28-21-9-8-19(29)14-20(21)25(34)31-24-10-7-18(16-30-24)26(35)33-13-12-27(11-3-6-23(27)32-36)15-17-4-1-2-5-22(17)33/h2-9,16-17,19H,10-15,18H2,1H3,(H,35,36)(H,37,39);2-9,14-15,17H,10-13,16H2,1H3,(H,33,39)(H,34,35,36,37);1-2,4-5,7-10,14,16,36H,3,6,11-13,15H2,(H,30,31,34)/t32-;30-;/m00./s1.